The molecule has 0 radical (unpaired) electrons. The predicted octanol–water partition coefficient (Wildman–Crippen LogP) is 7.54. The molecule has 41 heavy (non-hydrogen) atoms. The van der Waals surface area contributed by atoms with Crippen LogP contribution in [0.2, 0.25) is 0 Å². The van der Waals surface area contributed by atoms with Crippen molar-refractivity contribution in [3.05, 3.63) is 12.2 Å². The molecule has 0 spiro atoms. The van der Waals surface area contributed by atoms with Gasteiger partial charge in [0, 0.05) is 19.4 Å². The molecule has 2 unspecified atom stereocenters. The third-order valence-electron chi connectivity index (χ3n) is 6.70. The zero-order valence-electron chi connectivity index (χ0n) is 26.0. The van der Waals surface area contributed by atoms with Crippen LogP contribution < -0.4 is 5.32 Å². The van der Waals surface area contributed by atoms with Gasteiger partial charge in [0.15, 0.2) is 0 Å². The van der Waals surface area contributed by atoms with Crippen LogP contribution in [0.1, 0.15) is 142 Å². The summed E-state index contributed by atoms with van der Waals surface area (Å²) in [6.45, 7) is 3.46. The highest BCUT2D eigenvalue weighted by molar-refractivity contribution is 7.47. The number of amides is 1. The van der Waals surface area contributed by atoms with Gasteiger partial charge in [0.2, 0.25) is 5.91 Å². The van der Waals surface area contributed by atoms with Gasteiger partial charge >= 0.3 is 13.8 Å². The van der Waals surface area contributed by atoms with Crippen molar-refractivity contribution in [1.29, 1.82) is 0 Å². The van der Waals surface area contributed by atoms with Crippen molar-refractivity contribution in [1.82, 2.24) is 5.32 Å². The number of hydrogen-bond donors (Lipinski definition) is 3. The molecule has 0 aliphatic heterocycles. The summed E-state index contributed by atoms with van der Waals surface area (Å²) < 4.78 is 26.6. The lowest BCUT2D eigenvalue weighted by molar-refractivity contribution is -0.147. The molecule has 242 valence electrons. The van der Waals surface area contributed by atoms with E-state index in [1.807, 2.05) is 0 Å². The van der Waals surface area contributed by atoms with Gasteiger partial charge in [-0.3, -0.25) is 18.6 Å². The Labute approximate surface area is 249 Å². The molecule has 10 heteroatoms. The van der Waals surface area contributed by atoms with Gasteiger partial charge in [0.1, 0.15) is 12.7 Å². The molecule has 0 saturated heterocycles. The Hall–Kier alpha value is -1.25. The van der Waals surface area contributed by atoms with Crippen molar-refractivity contribution in [2.24, 2.45) is 0 Å². The molecule has 0 saturated carbocycles. The predicted molar refractivity (Wildman–Crippen MR) is 165 cm³/mol. The number of aliphatic hydroxyl groups excluding tert-OH is 1. The number of aliphatic hydroxyl groups is 1. The van der Waals surface area contributed by atoms with E-state index in [1.54, 1.807) is 0 Å². The topological polar surface area (TPSA) is 131 Å². The van der Waals surface area contributed by atoms with Crippen LogP contribution >= 0.6 is 7.82 Å². The van der Waals surface area contributed by atoms with Crippen molar-refractivity contribution < 1.29 is 37.9 Å². The summed E-state index contributed by atoms with van der Waals surface area (Å²) in [5.74, 6) is -0.531. The van der Waals surface area contributed by atoms with Crippen molar-refractivity contribution in [3.63, 3.8) is 0 Å². The number of carbonyl (C=O) groups is 2. The first kappa shape index (κ1) is 39.8. The van der Waals surface area contributed by atoms with Crippen LogP contribution in [0.4, 0.5) is 0 Å². The molecule has 0 aliphatic rings. The van der Waals surface area contributed by atoms with Crippen molar-refractivity contribution >= 4 is 19.7 Å². The number of carbonyl (C=O) groups excluding carboxylic acids is 2. The van der Waals surface area contributed by atoms with E-state index < -0.39 is 26.5 Å². The molecule has 1 amide bonds. The van der Waals surface area contributed by atoms with Crippen LogP contribution in [-0.4, -0.2) is 54.3 Å². The molecule has 0 fully saturated rings. The maximum absolute atomic E-state index is 12.0. The zero-order chi connectivity index (χ0) is 30.4. The molecule has 0 heterocycles. The Bertz CT molecular complexity index is 704. The molecule has 0 aromatic heterocycles. The van der Waals surface area contributed by atoms with Crippen LogP contribution in [0.25, 0.3) is 0 Å². The van der Waals surface area contributed by atoms with E-state index in [9.17, 15) is 24.2 Å². The smallest absolute Gasteiger partial charge is 0.463 e. The molecule has 0 aliphatic carbocycles. The van der Waals surface area contributed by atoms with E-state index in [0.29, 0.717) is 6.42 Å². The monoisotopic (exact) mass is 605 g/mol. The molecular weight excluding hydrogens is 545 g/mol. The Morgan fingerprint density at radius 3 is 1.88 bits per heavy atom. The number of ether oxygens (including phenoxy) is 1. The van der Waals surface area contributed by atoms with E-state index in [0.717, 1.165) is 57.8 Å². The lowest BCUT2D eigenvalue weighted by Crippen LogP contribution is -2.27. The molecule has 3 N–H and O–H groups in total. The first-order valence-corrected chi connectivity index (χ1v) is 17.7. The number of nitrogens with one attached hydrogen (secondary N) is 1. The number of unbranched alkanes of at least 4 members (excludes halogenated alkanes) is 15. The van der Waals surface area contributed by atoms with Crippen molar-refractivity contribution in [3.8, 4) is 0 Å². The van der Waals surface area contributed by atoms with Crippen LogP contribution in [-0.2, 0) is 27.9 Å². The minimum absolute atomic E-state index is 0.0834. The quantitative estimate of drug-likeness (QED) is 0.0331. The van der Waals surface area contributed by atoms with E-state index in [1.165, 1.54) is 57.8 Å². The maximum Gasteiger partial charge on any atom is 0.472 e. The minimum Gasteiger partial charge on any atom is -0.463 e. The molecule has 0 bridgehead atoms. The summed E-state index contributed by atoms with van der Waals surface area (Å²) in [6, 6.07) is 0. The summed E-state index contributed by atoms with van der Waals surface area (Å²) in [5.41, 5.74) is 0. The summed E-state index contributed by atoms with van der Waals surface area (Å²) in [7, 11) is -4.39. The third kappa shape index (κ3) is 30.0. The molecule has 0 rings (SSSR count). The third-order valence-corrected chi connectivity index (χ3v) is 7.68. The maximum atomic E-state index is 12.0. The van der Waals surface area contributed by atoms with Crippen LogP contribution in [0.5, 0.6) is 0 Å². The van der Waals surface area contributed by atoms with Gasteiger partial charge in [-0.15, -0.1) is 0 Å². The Kier molecular flexibility index (Phi) is 28.0. The Balaban J connectivity index is 3.67. The number of rotatable bonds is 30. The van der Waals surface area contributed by atoms with E-state index >= 15 is 0 Å². The van der Waals surface area contributed by atoms with Gasteiger partial charge in [-0.05, 0) is 38.5 Å². The van der Waals surface area contributed by atoms with Gasteiger partial charge in [0.25, 0.3) is 0 Å². The largest absolute Gasteiger partial charge is 0.472 e. The standard InChI is InChI=1S/C31H60NO8P/c1-3-5-7-9-11-13-14-15-16-18-20-22-24-31(35)38-27-29(33)28-40-41(36,37)39-26-25-32-30(34)23-21-19-17-12-10-8-6-4-2/h11,13,29,33H,3-10,12,14-28H2,1-2H3,(H,32,34)(H,36,37)/b13-11-. The summed E-state index contributed by atoms with van der Waals surface area (Å²) in [4.78, 5) is 33.5. The number of hydrogen-bond acceptors (Lipinski definition) is 7. The second-order valence-electron chi connectivity index (χ2n) is 10.8. The highest BCUT2D eigenvalue weighted by Gasteiger charge is 2.23. The Morgan fingerprint density at radius 2 is 1.24 bits per heavy atom. The second kappa shape index (κ2) is 28.9. The van der Waals surface area contributed by atoms with E-state index in [4.69, 9.17) is 13.8 Å². The van der Waals surface area contributed by atoms with Gasteiger partial charge in [-0.1, -0.05) is 103 Å². The van der Waals surface area contributed by atoms with Crippen molar-refractivity contribution in [2.45, 2.75) is 148 Å². The number of allylic oxidation sites excluding steroid dienone is 2. The number of esters is 1. The summed E-state index contributed by atoms with van der Waals surface area (Å²) >= 11 is 0. The summed E-state index contributed by atoms with van der Waals surface area (Å²) in [5, 5.41) is 12.6. The summed E-state index contributed by atoms with van der Waals surface area (Å²) in [6.07, 6.45) is 24.4. The normalized spacial score (nSPS) is 13.8. The van der Waals surface area contributed by atoms with Crippen molar-refractivity contribution in [2.75, 3.05) is 26.4 Å². The molecule has 0 aromatic rings. The number of phosphoric acid groups is 1. The van der Waals surface area contributed by atoms with Gasteiger partial charge in [-0.2, -0.15) is 0 Å². The average molecular weight is 606 g/mol. The van der Waals surface area contributed by atoms with Gasteiger partial charge in [0.05, 0.1) is 13.2 Å². The van der Waals surface area contributed by atoms with Crippen LogP contribution in [0, 0.1) is 0 Å². The molecular formula is C31H60NO8P. The van der Waals surface area contributed by atoms with Crippen LogP contribution in [0.15, 0.2) is 12.2 Å². The van der Waals surface area contributed by atoms with Gasteiger partial charge < -0.3 is 20.1 Å². The Morgan fingerprint density at radius 1 is 0.732 bits per heavy atom. The SMILES string of the molecule is CCCCC/C=C\CCCCCCCC(=O)OCC(O)COP(=O)(O)OCCNC(=O)CCCCCCCCCC. The van der Waals surface area contributed by atoms with E-state index in [2.05, 4.69) is 31.3 Å². The highest BCUT2D eigenvalue weighted by atomic mass is 31.2. The highest BCUT2D eigenvalue weighted by Crippen LogP contribution is 2.42. The fourth-order valence-corrected chi connectivity index (χ4v) is 4.95. The zero-order valence-corrected chi connectivity index (χ0v) is 26.9. The second-order valence-corrected chi connectivity index (χ2v) is 12.2. The number of phosphoric ester groups is 1. The first-order chi connectivity index (χ1) is 19.8. The molecule has 0 aromatic carbocycles. The lowest BCUT2D eigenvalue weighted by Gasteiger charge is -2.15. The fraction of sp³-hybridized carbons (Fsp3) is 0.871. The van der Waals surface area contributed by atoms with Gasteiger partial charge in [-0.25, -0.2) is 4.57 Å². The fourth-order valence-electron chi connectivity index (χ4n) is 4.20. The average Bonchev–Trinajstić information content (AvgIpc) is 2.95. The minimum atomic E-state index is -4.39. The first-order valence-electron chi connectivity index (χ1n) is 16.2. The molecule has 2 atom stereocenters. The lowest BCUT2D eigenvalue weighted by atomic mass is 10.1. The van der Waals surface area contributed by atoms with Crippen LogP contribution in [0.3, 0.4) is 0 Å². The molecule has 9 nitrogen and oxygen atoms in total. The van der Waals surface area contributed by atoms with E-state index in [-0.39, 0.29) is 32.1 Å².